The largest absolute Gasteiger partial charge is 0.393 e. The first-order chi connectivity index (χ1) is 11.4. The van der Waals surface area contributed by atoms with Crippen molar-refractivity contribution in [2.24, 2.45) is 40.9 Å². The average Bonchev–Trinajstić information content (AvgIpc) is 2.91. The molecule has 4 fully saturated rings. The fourth-order valence-corrected chi connectivity index (χ4v) is 7.92. The van der Waals surface area contributed by atoms with E-state index in [1.807, 2.05) is 6.92 Å². The molecule has 0 aromatic heterocycles. The molecule has 0 saturated heterocycles. The van der Waals surface area contributed by atoms with Crippen molar-refractivity contribution in [3.8, 4) is 0 Å². The minimum Gasteiger partial charge on any atom is -0.393 e. The van der Waals surface area contributed by atoms with E-state index in [0.717, 1.165) is 24.2 Å². The molecule has 0 heterocycles. The summed E-state index contributed by atoms with van der Waals surface area (Å²) in [4.78, 5) is 0. The number of fused-ring (bicyclic) bond motifs is 5. The molecular weight excluding hydrogens is 303 g/mol. The molecule has 4 aliphatic rings. The van der Waals surface area contributed by atoms with E-state index in [4.69, 9.17) is 0 Å². The van der Waals surface area contributed by atoms with Gasteiger partial charge in [0.15, 0.2) is 0 Å². The standard InChI is InChI=1S/C21H35FO2/c1-13(23)18-5-6-19-17-4-3-14-11-21(24,12-22)10-8-15(14)16(17)7-9-20(18,19)2/h13-19,23-24H,3-12H2,1-2H3/t13?,14-,15+,16-,17-,18-,19+,20-,21+/m1/s1. The van der Waals surface area contributed by atoms with Gasteiger partial charge in [-0.2, -0.15) is 0 Å². The first kappa shape index (κ1) is 17.3. The van der Waals surface area contributed by atoms with Gasteiger partial charge in [0.1, 0.15) is 6.67 Å². The topological polar surface area (TPSA) is 40.5 Å². The summed E-state index contributed by atoms with van der Waals surface area (Å²) in [5.74, 6) is 4.11. The Bertz CT molecular complexity index is 480. The quantitative estimate of drug-likeness (QED) is 0.786. The van der Waals surface area contributed by atoms with Crippen LogP contribution in [0.2, 0.25) is 0 Å². The molecule has 4 rings (SSSR count). The number of rotatable bonds is 2. The van der Waals surface area contributed by atoms with Gasteiger partial charge >= 0.3 is 0 Å². The van der Waals surface area contributed by atoms with Crippen LogP contribution in [0.5, 0.6) is 0 Å². The Morgan fingerprint density at radius 3 is 2.46 bits per heavy atom. The fourth-order valence-electron chi connectivity index (χ4n) is 7.92. The Balaban J connectivity index is 1.53. The van der Waals surface area contributed by atoms with E-state index >= 15 is 0 Å². The third kappa shape index (κ3) is 2.48. The third-order valence-corrected chi connectivity index (χ3v) is 9.01. The summed E-state index contributed by atoms with van der Waals surface area (Å²) in [6.07, 6.45) is 9.66. The lowest BCUT2D eigenvalue weighted by Gasteiger charge is -2.57. The van der Waals surface area contributed by atoms with Gasteiger partial charge < -0.3 is 10.2 Å². The average molecular weight is 339 g/mol. The summed E-state index contributed by atoms with van der Waals surface area (Å²) in [5, 5.41) is 20.7. The van der Waals surface area contributed by atoms with Crippen molar-refractivity contribution >= 4 is 0 Å². The smallest absolute Gasteiger partial charge is 0.118 e. The van der Waals surface area contributed by atoms with Crippen molar-refractivity contribution in [3.05, 3.63) is 0 Å². The van der Waals surface area contributed by atoms with Gasteiger partial charge in [0.05, 0.1) is 11.7 Å². The zero-order valence-corrected chi connectivity index (χ0v) is 15.4. The second-order valence-electron chi connectivity index (χ2n) is 10.0. The number of aliphatic hydroxyl groups excluding tert-OH is 1. The van der Waals surface area contributed by atoms with E-state index in [2.05, 4.69) is 6.92 Å². The first-order valence-electron chi connectivity index (χ1n) is 10.3. The summed E-state index contributed by atoms with van der Waals surface area (Å²) in [7, 11) is 0. The third-order valence-electron chi connectivity index (χ3n) is 9.01. The van der Waals surface area contributed by atoms with Gasteiger partial charge in [-0.05, 0) is 106 Å². The first-order valence-corrected chi connectivity index (χ1v) is 10.3. The highest BCUT2D eigenvalue weighted by Crippen LogP contribution is 2.65. The number of alkyl halides is 1. The molecule has 0 aromatic rings. The van der Waals surface area contributed by atoms with Crippen molar-refractivity contribution in [2.45, 2.75) is 83.3 Å². The van der Waals surface area contributed by atoms with Crippen LogP contribution in [0.4, 0.5) is 4.39 Å². The zero-order valence-electron chi connectivity index (χ0n) is 15.4. The van der Waals surface area contributed by atoms with Crippen molar-refractivity contribution in [2.75, 3.05) is 6.67 Å². The molecule has 138 valence electrons. The molecule has 0 amide bonds. The summed E-state index contributed by atoms with van der Waals surface area (Å²) in [6.45, 7) is 3.87. The lowest BCUT2D eigenvalue weighted by molar-refractivity contribution is -0.116. The van der Waals surface area contributed by atoms with Crippen LogP contribution in [0, 0.1) is 40.9 Å². The molecule has 0 radical (unpaired) electrons. The van der Waals surface area contributed by atoms with Gasteiger partial charge in [-0.3, -0.25) is 0 Å². The van der Waals surface area contributed by atoms with Crippen molar-refractivity contribution < 1.29 is 14.6 Å². The highest BCUT2D eigenvalue weighted by molar-refractivity contribution is 5.07. The molecule has 4 aliphatic carbocycles. The molecule has 24 heavy (non-hydrogen) atoms. The maximum Gasteiger partial charge on any atom is 0.118 e. The summed E-state index contributed by atoms with van der Waals surface area (Å²) >= 11 is 0. The number of aliphatic hydroxyl groups is 2. The molecule has 2 nitrogen and oxygen atoms in total. The van der Waals surface area contributed by atoms with Gasteiger partial charge in [0.2, 0.25) is 0 Å². The van der Waals surface area contributed by atoms with Gasteiger partial charge in [0.25, 0.3) is 0 Å². The molecule has 4 saturated carbocycles. The van der Waals surface area contributed by atoms with E-state index in [1.54, 1.807) is 0 Å². The second-order valence-corrected chi connectivity index (χ2v) is 10.0. The maximum atomic E-state index is 13.2. The van der Waals surface area contributed by atoms with E-state index in [1.165, 1.54) is 38.5 Å². The van der Waals surface area contributed by atoms with Crippen LogP contribution in [0.1, 0.15) is 71.6 Å². The van der Waals surface area contributed by atoms with Crippen LogP contribution in [0.25, 0.3) is 0 Å². The molecule has 0 bridgehead atoms. The monoisotopic (exact) mass is 338 g/mol. The Kier molecular flexibility index (Phi) is 4.28. The Labute approximate surface area is 146 Å². The normalized spacial score (nSPS) is 55.4. The fraction of sp³-hybridized carbons (Fsp3) is 1.00. The lowest BCUT2D eigenvalue weighted by Crippen LogP contribution is -2.52. The van der Waals surface area contributed by atoms with Crippen LogP contribution >= 0.6 is 0 Å². The molecule has 2 N–H and O–H groups in total. The van der Waals surface area contributed by atoms with E-state index in [-0.39, 0.29) is 6.10 Å². The minimum absolute atomic E-state index is 0.179. The van der Waals surface area contributed by atoms with Gasteiger partial charge in [-0.15, -0.1) is 0 Å². The highest BCUT2D eigenvalue weighted by atomic mass is 19.1. The molecule has 9 atom stereocenters. The summed E-state index contributed by atoms with van der Waals surface area (Å²) < 4.78 is 13.2. The Morgan fingerprint density at radius 2 is 1.75 bits per heavy atom. The van der Waals surface area contributed by atoms with Crippen LogP contribution < -0.4 is 0 Å². The molecule has 1 unspecified atom stereocenters. The van der Waals surface area contributed by atoms with Crippen LogP contribution in [0.3, 0.4) is 0 Å². The molecule has 0 aromatic carbocycles. The summed E-state index contributed by atoms with van der Waals surface area (Å²) in [6, 6.07) is 0. The van der Waals surface area contributed by atoms with Crippen LogP contribution in [-0.4, -0.2) is 28.6 Å². The second kappa shape index (κ2) is 5.94. The Hall–Kier alpha value is -0.150. The van der Waals surface area contributed by atoms with E-state index < -0.39 is 12.3 Å². The predicted molar refractivity (Wildman–Crippen MR) is 93.2 cm³/mol. The van der Waals surface area contributed by atoms with Crippen LogP contribution in [0.15, 0.2) is 0 Å². The number of hydrogen-bond donors (Lipinski definition) is 2. The van der Waals surface area contributed by atoms with E-state index in [0.29, 0.717) is 36.0 Å². The molecule has 0 spiro atoms. The Morgan fingerprint density at radius 1 is 1.00 bits per heavy atom. The SMILES string of the molecule is CC(O)[C@H]1CC[C@H]2[C@@H]3CC[C@@H]4C[C@](O)(CF)CC[C@@H]4[C@H]3CC[C@]12C. The summed E-state index contributed by atoms with van der Waals surface area (Å²) in [5.41, 5.74) is -0.696. The van der Waals surface area contributed by atoms with Crippen molar-refractivity contribution in [1.82, 2.24) is 0 Å². The number of halogens is 1. The van der Waals surface area contributed by atoms with Crippen molar-refractivity contribution in [1.29, 1.82) is 0 Å². The van der Waals surface area contributed by atoms with Gasteiger partial charge in [0, 0.05) is 0 Å². The van der Waals surface area contributed by atoms with Gasteiger partial charge in [-0.25, -0.2) is 4.39 Å². The highest BCUT2D eigenvalue weighted by Gasteiger charge is 2.58. The molecule has 3 heteroatoms. The number of hydrogen-bond acceptors (Lipinski definition) is 2. The van der Waals surface area contributed by atoms with E-state index in [9.17, 15) is 14.6 Å². The predicted octanol–water partition coefficient (Wildman–Crippen LogP) is 4.34. The molecular formula is C21H35FO2. The van der Waals surface area contributed by atoms with Gasteiger partial charge in [-0.1, -0.05) is 6.92 Å². The lowest BCUT2D eigenvalue weighted by atomic mass is 9.49. The maximum absolute atomic E-state index is 13.2. The zero-order chi connectivity index (χ0) is 17.1. The van der Waals surface area contributed by atoms with Crippen molar-refractivity contribution in [3.63, 3.8) is 0 Å². The van der Waals surface area contributed by atoms with Crippen LogP contribution in [-0.2, 0) is 0 Å². The molecule has 0 aliphatic heterocycles. The minimum atomic E-state index is -1.03.